The minimum Gasteiger partial charge on any atom is -0.492 e. The van der Waals surface area contributed by atoms with Crippen molar-refractivity contribution >= 4 is 5.97 Å². The fourth-order valence-corrected chi connectivity index (χ4v) is 1.11. The Hall–Kier alpha value is -1.60. The molecule has 0 radical (unpaired) electrons. The van der Waals surface area contributed by atoms with Gasteiger partial charge < -0.3 is 25.0 Å². The van der Waals surface area contributed by atoms with Gasteiger partial charge in [-0.3, -0.25) is 4.79 Å². The molecular weight excluding hydrogens is 248 g/mol. The molecule has 0 saturated carbocycles. The maximum Gasteiger partial charge on any atom is 0.302 e. The number of likely N-dealkylation sites (N-methyl/N-ethyl adjacent to an activating group) is 1. The van der Waals surface area contributed by atoms with E-state index in [0.717, 1.165) is 11.0 Å². The number of carbonyl (C=O) groups excluding carboxylic acids is 1. The Morgan fingerprint density at radius 1 is 1.53 bits per heavy atom. The van der Waals surface area contributed by atoms with Crippen molar-refractivity contribution in [2.24, 2.45) is 5.73 Å². The van der Waals surface area contributed by atoms with Gasteiger partial charge in [0.25, 0.3) is 0 Å². The largest absolute Gasteiger partial charge is 0.492 e. The number of imidazole rings is 1. The smallest absolute Gasteiger partial charge is 0.302 e. The lowest BCUT2D eigenvalue weighted by Crippen LogP contribution is -2.37. The standard InChI is InChI=1S/C7H16NO2.C5H9N3O/c1-7(9)10-6-5-8(2,3)4;6-2-1-4-5(9)8-3-7-4/h5-6H2,1-4H3;3,9H,1-2,6H2,(H,7,8)/q+1;. The molecule has 1 aromatic rings. The summed E-state index contributed by atoms with van der Waals surface area (Å²) in [5.41, 5.74) is 5.94. The molecule has 0 aliphatic rings. The van der Waals surface area contributed by atoms with Crippen LogP contribution in [0.5, 0.6) is 5.88 Å². The van der Waals surface area contributed by atoms with E-state index in [1.807, 2.05) is 0 Å². The normalized spacial score (nSPS) is 10.6. The molecule has 0 aliphatic heterocycles. The highest BCUT2D eigenvalue weighted by molar-refractivity contribution is 5.65. The van der Waals surface area contributed by atoms with Crippen LogP contribution in [0.25, 0.3) is 0 Å². The topological polar surface area (TPSA) is 101 Å². The predicted octanol–water partition coefficient (Wildman–Crippen LogP) is -0.128. The molecule has 19 heavy (non-hydrogen) atoms. The maximum absolute atomic E-state index is 10.3. The van der Waals surface area contributed by atoms with Gasteiger partial charge in [0.2, 0.25) is 5.88 Å². The van der Waals surface area contributed by atoms with Crippen LogP contribution in [-0.2, 0) is 16.0 Å². The molecule has 0 amide bonds. The van der Waals surface area contributed by atoms with Crippen LogP contribution in [-0.4, -0.2) is 66.4 Å². The number of H-pyrrole nitrogens is 1. The Kier molecular flexibility index (Phi) is 7.78. The second-order valence-corrected chi connectivity index (χ2v) is 5.10. The summed E-state index contributed by atoms with van der Waals surface area (Å²) in [4.78, 5) is 16.6. The number of esters is 1. The van der Waals surface area contributed by atoms with Crippen LogP contribution in [0.4, 0.5) is 0 Å². The molecule has 0 atom stereocenters. The van der Waals surface area contributed by atoms with E-state index >= 15 is 0 Å². The Balaban J connectivity index is 0.000000342. The number of nitrogens with one attached hydrogen (secondary N) is 1. The monoisotopic (exact) mass is 273 g/mol. The zero-order valence-corrected chi connectivity index (χ0v) is 12.1. The lowest BCUT2D eigenvalue weighted by atomic mass is 10.3. The van der Waals surface area contributed by atoms with Crippen molar-refractivity contribution in [2.45, 2.75) is 13.3 Å². The summed E-state index contributed by atoms with van der Waals surface area (Å²) >= 11 is 0. The molecule has 7 heteroatoms. The second kappa shape index (κ2) is 8.49. The lowest BCUT2D eigenvalue weighted by molar-refractivity contribution is -0.870. The van der Waals surface area contributed by atoms with Crippen LogP contribution >= 0.6 is 0 Å². The van der Waals surface area contributed by atoms with Gasteiger partial charge >= 0.3 is 5.97 Å². The number of aromatic amines is 1. The first-order valence-electron chi connectivity index (χ1n) is 6.11. The number of aromatic nitrogens is 2. The van der Waals surface area contributed by atoms with E-state index < -0.39 is 0 Å². The van der Waals surface area contributed by atoms with E-state index in [1.54, 1.807) is 0 Å². The third-order valence-electron chi connectivity index (χ3n) is 2.16. The van der Waals surface area contributed by atoms with Gasteiger partial charge in [-0.25, -0.2) is 4.98 Å². The number of carbonyl (C=O) groups is 1. The highest BCUT2D eigenvalue weighted by Crippen LogP contribution is 2.08. The van der Waals surface area contributed by atoms with Crippen LogP contribution in [0, 0.1) is 0 Å². The Bertz CT molecular complexity index is 371. The van der Waals surface area contributed by atoms with Crippen LogP contribution in [0.1, 0.15) is 12.6 Å². The predicted molar refractivity (Wildman–Crippen MR) is 72.5 cm³/mol. The van der Waals surface area contributed by atoms with Gasteiger partial charge in [0.15, 0.2) is 0 Å². The molecule has 0 aliphatic carbocycles. The number of ether oxygens (including phenoxy) is 1. The van der Waals surface area contributed by atoms with Crippen LogP contribution < -0.4 is 5.73 Å². The highest BCUT2D eigenvalue weighted by Gasteiger charge is 2.06. The van der Waals surface area contributed by atoms with E-state index in [4.69, 9.17) is 15.6 Å². The van der Waals surface area contributed by atoms with Crippen molar-refractivity contribution in [3.05, 3.63) is 12.0 Å². The number of nitrogens with two attached hydrogens (primary N) is 1. The van der Waals surface area contributed by atoms with Gasteiger partial charge in [-0.05, 0) is 6.54 Å². The molecule has 0 bridgehead atoms. The van der Waals surface area contributed by atoms with Gasteiger partial charge in [0.1, 0.15) is 13.2 Å². The van der Waals surface area contributed by atoms with Gasteiger partial charge in [0.05, 0.1) is 33.2 Å². The minimum absolute atomic E-state index is 0.0560. The number of hydrogen-bond acceptors (Lipinski definition) is 5. The van der Waals surface area contributed by atoms with Crippen molar-refractivity contribution in [2.75, 3.05) is 40.8 Å². The molecule has 0 unspecified atom stereocenters. The summed E-state index contributed by atoms with van der Waals surface area (Å²) in [6.07, 6.45) is 2.09. The molecule has 0 spiro atoms. The molecule has 1 rings (SSSR count). The lowest BCUT2D eigenvalue weighted by Gasteiger charge is -2.23. The summed E-state index contributed by atoms with van der Waals surface area (Å²) in [5, 5.41) is 8.88. The summed E-state index contributed by atoms with van der Waals surface area (Å²) in [5.74, 6) is -0.145. The van der Waals surface area contributed by atoms with Crippen molar-refractivity contribution in [1.82, 2.24) is 9.97 Å². The molecule has 110 valence electrons. The molecule has 1 aromatic heterocycles. The quantitative estimate of drug-likeness (QED) is 0.512. The van der Waals surface area contributed by atoms with Crippen LogP contribution in [0.15, 0.2) is 6.33 Å². The molecule has 7 nitrogen and oxygen atoms in total. The summed E-state index contributed by atoms with van der Waals surface area (Å²) in [6.45, 7) is 3.32. The van der Waals surface area contributed by atoms with Crippen molar-refractivity contribution in [3.63, 3.8) is 0 Å². The molecule has 0 saturated heterocycles. The first kappa shape index (κ1) is 17.4. The Morgan fingerprint density at radius 2 is 2.16 bits per heavy atom. The Morgan fingerprint density at radius 3 is 2.53 bits per heavy atom. The van der Waals surface area contributed by atoms with Crippen molar-refractivity contribution < 1.29 is 19.1 Å². The van der Waals surface area contributed by atoms with Crippen LogP contribution in [0.3, 0.4) is 0 Å². The average Bonchev–Trinajstić information content (AvgIpc) is 2.63. The van der Waals surface area contributed by atoms with E-state index in [0.29, 0.717) is 25.3 Å². The number of aromatic hydroxyl groups is 1. The number of rotatable bonds is 5. The molecule has 0 aromatic carbocycles. The fraction of sp³-hybridized carbons (Fsp3) is 0.667. The number of hydrogen-bond donors (Lipinski definition) is 3. The zero-order chi connectivity index (χ0) is 14.9. The van der Waals surface area contributed by atoms with E-state index in [9.17, 15) is 4.79 Å². The van der Waals surface area contributed by atoms with Gasteiger partial charge in [0, 0.05) is 13.3 Å². The highest BCUT2D eigenvalue weighted by atomic mass is 16.5. The average molecular weight is 273 g/mol. The molecule has 1 heterocycles. The fourth-order valence-electron chi connectivity index (χ4n) is 1.11. The van der Waals surface area contributed by atoms with E-state index in [1.165, 1.54) is 13.3 Å². The SMILES string of the molecule is CC(=O)OCC[N+](C)(C)C.NCCc1[nH]cnc1O. The molecule has 4 N–H and O–H groups in total. The third kappa shape index (κ3) is 10.0. The first-order chi connectivity index (χ1) is 8.76. The van der Waals surface area contributed by atoms with Gasteiger partial charge in [-0.2, -0.15) is 0 Å². The number of quaternary nitrogens is 1. The Labute approximate surface area is 114 Å². The zero-order valence-electron chi connectivity index (χ0n) is 12.1. The van der Waals surface area contributed by atoms with Crippen molar-refractivity contribution in [3.8, 4) is 5.88 Å². The number of nitrogens with zero attached hydrogens (tertiary/aromatic N) is 2. The summed E-state index contributed by atoms with van der Waals surface area (Å²) in [7, 11) is 6.18. The molecule has 0 fully saturated rings. The van der Waals surface area contributed by atoms with Crippen molar-refractivity contribution in [1.29, 1.82) is 0 Å². The maximum atomic E-state index is 10.3. The van der Waals surface area contributed by atoms with E-state index in [-0.39, 0.29) is 11.8 Å². The minimum atomic E-state index is -0.201. The second-order valence-electron chi connectivity index (χ2n) is 5.10. The summed E-state index contributed by atoms with van der Waals surface area (Å²) in [6, 6.07) is 0. The third-order valence-corrected chi connectivity index (χ3v) is 2.16. The van der Waals surface area contributed by atoms with Gasteiger partial charge in [-0.1, -0.05) is 0 Å². The first-order valence-corrected chi connectivity index (χ1v) is 6.11. The summed E-state index contributed by atoms with van der Waals surface area (Å²) < 4.78 is 5.59. The molecular formula is C12H25N4O3+. The van der Waals surface area contributed by atoms with Gasteiger partial charge in [-0.15, -0.1) is 0 Å². The van der Waals surface area contributed by atoms with Crippen LogP contribution in [0.2, 0.25) is 0 Å². The van der Waals surface area contributed by atoms with E-state index in [2.05, 4.69) is 31.1 Å².